The Morgan fingerprint density at radius 2 is 1.80 bits per heavy atom. The molecule has 3 N–H and O–H groups in total. The molecule has 0 bridgehead atoms. The van der Waals surface area contributed by atoms with Crippen LogP contribution in [0.25, 0.3) is 0 Å². The first-order valence-corrected chi connectivity index (χ1v) is 3.63. The third-order valence-electron chi connectivity index (χ3n) is 1.33. The van der Waals surface area contributed by atoms with Crippen LogP contribution in [-0.4, -0.2) is 35.0 Å². The van der Waals surface area contributed by atoms with Crippen LogP contribution in [0.5, 0.6) is 0 Å². The van der Waals surface area contributed by atoms with Crippen molar-refractivity contribution < 1.29 is 10.2 Å². The molecule has 0 rings (SSSR count). The van der Waals surface area contributed by atoms with Gasteiger partial charge >= 0.3 is 0 Å². The van der Waals surface area contributed by atoms with Crippen molar-refractivity contribution in [3.05, 3.63) is 0 Å². The van der Waals surface area contributed by atoms with E-state index in [4.69, 9.17) is 10.2 Å². The van der Waals surface area contributed by atoms with Crippen molar-refractivity contribution in [2.24, 2.45) is 0 Å². The number of aliphatic hydroxyl groups is 2. The van der Waals surface area contributed by atoms with E-state index in [0.29, 0.717) is 6.04 Å². The minimum atomic E-state index is -0.493. The SMILES string of the molecule is CC(C)N[C@@H](CO)[C@@H](C)O. The van der Waals surface area contributed by atoms with Crippen LogP contribution in [0.3, 0.4) is 0 Å². The van der Waals surface area contributed by atoms with Gasteiger partial charge in [-0.25, -0.2) is 0 Å². The summed E-state index contributed by atoms with van der Waals surface area (Å²) in [5.41, 5.74) is 0. The molecule has 0 amide bonds. The van der Waals surface area contributed by atoms with Gasteiger partial charge in [0.15, 0.2) is 0 Å². The van der Waals surface area contributed by atoms with Crippen LogP contribution in [0.4, 0.5) is 0 Å². The standard InChI is InChI=1S/C7H17NO2/c1-5(2)8-7(4-9)6(3)10/h5-10H,4H2,1-3H3/t6-,7+/m1/s1. The van der Waals surface area contributed by atoms with Gasteiger partial charge in [-0.2, -0.15) is 0 Å². The van der Waals surface area contributed by atoms with Gasteiger partial charge in [0.2, 0.25) is 0 Å². The first kappa shape index (κ1) is 9.88. The second-order valence-electron chi connectivity index (χ2n) is 2.85. The molecule has 0 saturated carbocycles. The topological polar surface area (TPSA) is 52.5 Å². The molecular weight excluding hydrogens is 130 g/mol. The predicted octanol–water partition coefficient (Wildman–Crippen LogP) is -0.274. The van der Waals surface area contributed by atoms with Crippen LogP contribution in [0.2, 0.25) is 0 Å². The Bertz CT molecular complexity index is 83.7. The van der Waals surface area contributed by atoms with Crippen molar-refractivity contribution in [2.45, 2.75) is 39.0 Å². The Balaban J connectivity index is 3.60. The lowest BCUT2D eigenvalue weighted by molar-refractivity contribution is 0.0991. The lowest BCUT2D eigenvalue weighted by Gasteiger charge is -2.21. The molecule has 0 heterocycles. The maximum absolute atomic E-state index is 9.04. The summed E-state index contributed by atoms with van der Waals surface area (Å²) in [7, 11) is 0. The van der Waals surface area contributed by atoms with E-state index < -0.39 is 6.10 Å². The normalized spacial score (nSPS) is 17.4. The fraction of sp³-hybridized carbons (Fsp3) is 1.00. The van der Waals surface area contributed by atoms with Crippen molar-refractivity contribution in [2.75, 3.05) is 6.61 Å². The fourth-order valence-corrected chi connectivity index (χ4v) is 0.773. The largest absolute Gasteiger partial charge is 0.395 e. The van der Waals surface area contributed by atoms with Gasteiger partial charge in [-0.15, -0.1) is 0 Å². The van der Waals surface area contributed by atoms with Crippen LogP contribution in [0, 0.1) is 0 Å². The van der Waals surface area contributed by atoms with E-state index in [1.54, 1.807) is 6.92 Å². The molecule has 0 aliphatic heterocycles. The molecule has 0 saturated heterocycles. The third kappa shape index (κ3) is 3.82. The summed E-state index contributed by atoms with van der Waals surface area (Å²) in [6.45, 7) is 5.60. The molecule has 0 aromatic heterocycles. The molecule has 3 nitrogen and oxygen atoms in total. The van der Waals surface area contributed by atoms with E-state index in [2.05, 4.69) is 5.32 Å². The van der Waals surface area contributed by atoms with Crippen LogP contribution in [-0.2, 0) is 0 Å². The molecule has 0 spiro atoms. The summed E-state index contributed by atoms with van der Waals surface area (Å²) in [5, 5.41) is 20.8. The number of hydrogen-bond donors (Lipinski definition) is 3. The highest BCUT2D eigenvalue weighted by Crippen LogP contribution is 1.92. The molecular formula is C7H17NO2. The highest BCUT2D eigenvalue weighted by molar-refractivity contribution is 4.72. The zero-order chi connectivity index (χ0) is 8.15. The van der Waals surface area contributed by atoms with Crippen molar-refractivity contribution in [3.8, 4) is 0 Å². The zero-order valence-corrected chi connectivity index (χ0v) is 6.83. The molecule has 2 atom stereocenters. The summed E-state index contributed by atoms with van der Waals surface area (Å²) >= 11 is 0. The van der Waals surface area contributed by atoms with Gasteiger partial charge in [0.25, 0.3) is 0 Å². The van der Waals surface area contributed by atoms with Crippen molar-refractivity contribution in [1.82, 2.24) is 5.32 Å². The van der Waals surface area contributed by atoms with Gasteiger partial charge in [0.05, 0.1) is 18.8 Å². The predicted molar refractivity (Wildman–Crippen MR) is 40.8 cm³/mol. The lowest BCUT2D eigenvalue weighted by atomic mass is 10.2. The van der Waals surface area contributed by atoms with E-state index in [1.165, 1.54) is 0 Å². The molecule has 0 aromatic rings. The van der Waals surface area contributed by atoms with E-state index in [-0.39, 0.29) is 12.6 Å². The van der Waals surface area contributed by atoms with E-state index in [1.807, 2.05) is 13.8 Å². The number of hydrogen-bond acceptors (Lipinski definition) is 3. The Hall–Kier alpha value is -0.120. The molecule has 0 unspecified atom stereocenters. The van der Waals surface area contributed by atoms with E-state index in [0.717, 1.165) is 0 Å². The maximum atomic E-state index is 9.04. The van der Waals surface area contributed by atoms with Crippen molar-refractivity contribution >= 4 is 0 Å². The molecule has 0 fully saturated rings. The molecule has 0 radical (unpaired) electrons. The van der Waals surface area contributed by atoms with Crippen LogP contribution in [0.15, 0.2) is 0 Å². The third-order valence-corrected chi connectivity index (χ3v) is 1.33. The van der Waals surface area contributed by atoms with Crippen molar-refractivity contribution in [1.29, 1.82) is 0 Å². The van der Waals surface area contributed by atoms with Gasteiger partial charge in [-0.1, -0.05) is 13.8 Å². The number of rotatable bonds is 4. The van der Waals surface area contributed by atoms with Crippen molar-refractivity contribution in [3.63, 3.8) is 0 Å². The van der Waals surface area contributed by atoms with Gasteiger partial charge < -0.3 is 15.5 Å². The summed E-state index contributed by atoms with van der Waals surface area (Å²) in [6, 6.07) is 0.103. The van der Waals surface area contributed by atoms with Gasteiger partial charge in [-0.3, -0.25) is 0 Å². The summed E-state index contributed by atoms with van der Waals surface area (Å²) in [4.78, 5) is 0. The van der Waals surface area contributed by atoms with Crippen LogP contribution < -0.4 is 5.32 Å². The van der Waals surface area contributed by atoms with Gasteiger partial charge in [-0.05, 0) is 6.92 Å². The highest BCUT2D eigenvalue weighted by atomic mass is 16.3. The molecule has 3 heteroatoms. The quantitative estimate of drug-likeness (QED) is 0.513. The minimum Gasteiger partial charge on any atom is -0.395 e. The Morgan fingerprint density at radius 1 is 1.30 bits per heavy atom. The second kappa shape index (κ2) is 4.66. The Kier molecular flexibility index (Phi) is 4.60. The fourth-order valence-electron chi connectivity index (χ4n) is 0.773. The second-order valence-corrected chi connectivity index (χ2v) is 2.85. The van der Waals surface area contributed by atoms with E-state index in [9.17, 15) is 0 Å². The van der Waals surface area contributed by atoms with Gasteiger partial charge in [0.1, 0.15) is 0 Å². The van der Waals surface area contributed by atoms with Gasteiger partial charge in [0, 0.05) is 6.04 Å². The molecule has 62 valence electrons. The minimum absolute atomic E-state index is 0.0180. The molecule has 0 aromatic carbocycles. The Labute approximate surface area is 62.1 Å². The average Bonchev–Trinajstić information content (AvgIpc) is 1.81. The Morgan fingerprint density at radius 3 is 1.90 bits per heavy atom. The summed E-state index contributed by atoms with van der Waals surface area (Å²) in [5.74, 6) is 0. The first-order chi connectivity index (χ1) is 4.57. The van der Waals surface area contributed by atoms with Crippen LogP contribution >= 0.6 is 0 Å². The first-order valence-electron chi connectivity index (χ1n) is 3.63. The maximum Gasteiger partial charge on any atom is 0.0687 e. The lowest BCUT2D eigenvalue weighted by Crippen LogP contribution is -2.44. The molecule has 0 aliphatic rings. The average molecular weight is 147 g/mol. The summed E-state index contributed by atoms with van der Waals surface area (Å²) < 4.78 is 0. The monoisotopic (exact) mass is 147 g/mol. The van der Waals surface area contributed by atoms with E-state index >= 15 is 0 Å². The number of aliphatic hydroxyl groups excluding tert-OH is 2. The smallest absolute Gasteiger partial charge is 0.0687 e. The highest BCUT2D eigenvalue weighted by Gasteiger charge is 2.13. The number of nitrogens with one attached hydrogen (secondary N) is 1. The van der Waals surface area contributed by atoms with Crippen LogP contribution in [0.1, 0.15) is 20.8 Å². The zero-order valence-electron chi connectivity index (χ0n) is 6.83. The molecule has 10 heavy (non-hydrogen) atoms. The molecule has 0 aliphatic carbocycles. The summed E-state index contributed by atoms with van der Waals surface area (Å²) in [6.07, 6.45) is -0.493.